The predicted molar refractivity (Wildman–Crippen MR) is 91.6 cm³/mol. The van der Waals surface area contributed by atoms with Crippen molar-refractivity contribution in [2.24, 2.45) is 0 Å². The van der Waals surface area contributed by atoms with E-state index in [2.05, 4.69) is 4.72 Å². The smallest absolute Gasteiger partial charge is 0.222 e. The number of hydrogen-bond donors (Lipinski definition) is 1. The zero-order chi connectivity index (χ0) is 16.7. The first-order chi connectivity index (χ1) is 11.0. The first-order valence-electron chi connectivity index (χ1n) is 8.32. The van der Waals surface area contributed by atoms with Gasteiger partial charge in [0.15, 0.2) is 0 Å². The third-order valence-corrected chi connectivity index (χ3v) is 5.58. The molecule has 5 nitrogen and oxygen atoms in total. The lowest BCUT2D eigenvalue weighted by Gasteiger charge is -2.20. The number of rotatable bonds is 7. The highest BCUT2D eigenvalue weighted by Crippen LogP contribution is 2.14. The van der Waals surface area contributed by atoms with Crippen LogP contribution in [-0.2, 0) is 21.2 Å². The molecule has 6 heteroatoms. The van der Waals surface area contributed by atoms with E-state index >= 15 is 0 Å². The summed E-state index contributed by atoms with van der Waals surface area (Å²) in [5, 5.41) is 0. The van der Waals surface area contributed by atoms with Crippen LogP contribution in [-0.4, -0.2) is 44.1 Å². The summed E-state index contributed by atoms with van der Waals surface area (Å²) in [4.78, 5) is 13.8. The lowest BCUT2D eigenvalue weighted by atomic mass is 10.1. The third kappa shape index (κ3) is 5.95. The first kappa shape index (κ1) is 17.9. The first-order valence-corrected chi connectivity index (χ1v) is 9.97. The Morgan fingerprint density at radius 2 is 1.96 bits per heavy atom. The molecule has 23 heavy (non-hydrogen) atoms. The summed E-state index contributed by atoms with van der Waals surface area (Å²) < 4.78 is 27.3. The minimum atomic E-state index is -3.32. The zero-order valence-corrected chi connectivity index (χ0v) is 14.5. The molecule has 0 bridgehead atoms. The molecule has 1 aromatic carbocycles. The van der Waals surface area contributed by atoms with Gasteiger partial charge in [-0.2, -0.15) is 0 Å². The highest BCUT2D eigenvalue weighted by molar-refractivity contribution is 7.89. The van der Waals surface area contributed by atoms with Crippen molar-refractivity contribution < 1.29 is 13.2 Å². The molecule has 1 saturated heterocycles. The predicted octanol–water partition coefficient (Wildman–Crippen LogP) is 1.94. The number of likely N-dealkylation sites (tertiary alicyclic amines) is 1. The van der Waals surface area contributed by atoms with E-state index in [9.17, 15) is 13.2 Å². The number of nitrogens with zero attached hydrogens (tertiary/aromatic N) is 1. The number of benzene rings is 1. The molecule has 1 N–H and O–H groups in total. The fourth-order valence-corrected chi connectivity index (χ4v) is 4.24. The van der Waals surface area contributed by atoms with E-state index in [0.717, 1.165) is 18.5 Å². The average Bonchev–Trinajstić information content (AvgIpc) is 2.70. The van der Waals surface area contributed by atoms with E-state index in [1.807, 2.05) is 42.2 Å². The van der Waals surface area contributed by atoms with E-state index in [1.165, 1.54) is 0 Å². The van der Waals surface area contributed by atoms with Crippen LogP contribution in [0.15, 0.2) is 30.3 Å². The van der Waals surface area contributed by atoms with Crippen LogP contribution in [0.4, 0.5) is 0 Å². The standard InChI is InChI=1S/C17H26N2O3S/c1-2-12-19-13-10-16(8-9-17(19)20)18-23(21,22)14-11-15-6-4-3-5-7-15/h3-7,16,18H,2,8-14H2,1H3. The molecule has 0 radical (unpaired) electrons. The second-order valence-electron chi connectivity index (χ2n) is 6.08. The van der Waals surface area contributed by atoms with Crippen molar-refractivity contribution in [2.45, 2.75) is 45.1 Å². The number of carbonyl (C=O) groups is 1. The van der Waals surface area contributed by atoms with Gasteiger partial charge in [-0.05, 0) is 31.2 Å². The Kier molecular flexibility index (Phi) is 6.59. The van der Waals surface area contributed by atoms with E-state index < -0.39 is 10.0 Å². The molecule has 1 fully saturated rings. The molecule has 0 saturated carbocycles. The second kappa shape index (κ2) is 8.45. The number of sulfonamides is 1. The maximum absolute atomic E-state index is 12.3. The van der Waals surface area contributed by atoms with E-state index in [-0.39, 0.29) is 17.7 Å². The summed E-state index contributed by atoms with van der Waals surface area (Å²) in [5.74, 6) is 0.220. The summed E-state index contributed by atoms with van der Waals surface area (Å²) >= 11 is 0. The van der Waals surface area contributed by atoms with Crippen LogP contribution in [0.1, 0.15) is 38.2 Å². The Bertz CT molecular complexity index is 602. The second-order valence-corrected chi connectivity index (χ2v) is 7.95. The van der Waals surface area contributed by atoms with E-state index in [0.29, 0.717) is 32.2 Å². The summed E-state index contributed by atoms with van der Waals surface area (Å²) in [6.45, 7) is 3.44. The Hall–Kier alpha value is -1.40. The minimum Gasteiger partial charge on any atom is -0.343 e. The molecule has 0 spiro atoms. The number of hydrogen-bond acceptors (Lipinski definition) is 3. The van der Waals surface area contributed by atoms with Crippen LogP contribution in [0.3, 0.4) is 0 Å². The van der Waals surface area contributed by atoms with Crippen molar-refractivity contribution in [1.29, 1.82) is 0 Å². The summed E-state index contributed by atoms with van der Waals surface area (Å²) in [7, 11) is -3.32. The fraction of sp³-hybridized carbons (Fsp3) is 0.588. The number of carbonyl (C=O) groups excluding carboxylic acids is 1. The van der Waals surface area contributed by atoms with Crippen LogP contribution < -0.4 is 4.72 Å². The molecule has 1 amide bonds. The lowest BCUT2D eigenvalue weighted by molar-refractivity contribution is -0.130. The molecular formula is C17H26N2O3S. The molecule has 1 aromatic rings. The van der Waals surface area contributed by atoms with Crippen molar-refractivity contribution in [1.82, 2.24) is 9.62 Å². The molecule has 0 aliphatic carbocycles. The van der Waals surface area contributed by atoms with Gasteiger partial charge >= 0.3 is 0 Å². The van der Waals surface area contributed by atoms with Crippen molar-refractivity contribution in [3.8, 4) is 0 Å². The molecule has 0 aromatic heterocycles. The maximum atomic E-state index is 12.3. The topological polar surface area (TPSA) is 66.5 Å². The van der Waals surface area contributed by atoms with Gasteiger partial charge in [-0.1, -0.05) is 37.3 Å². The summed E-state index contributed by atoms with van der Waals surface area (Å²) in [6.07, 6.45) is 3.13. The molecule has 2 rings (SSSR count). The van der Waals surface area contributed by atoms with Gasteiger partial charge in [0.2, 0.25) is 15.9 Å². The molecule has 1 unspecified atom stereocenters. The monoisotopic (exact) mass is 338 g/mol. The number of nitrogens with one attached hydrogen (secondary N) is 1. The molecule has 1 aliphatic rings. The average molecular weight is 338 g/mol. The van der Waals surface area contributed by atoms with Gasteiger partial charge < -0.3 is 4.90 Å². The van der Waals surface area contributed by atoms with E-state index in [1.54, 1.807) is 0 Å². The van der Waals surface area contributed by atoms with Crippen molar-refractivity contribution >= 4 is 15.9 Å². The summed E-state index contributed by atoms with van der Waals surface area (Å²) in [5.41, 5.74) is 1.02. The third-order valence-electron chi connectivity index (χ3n) is 4.15. The van der Waals surface area contributed by atoms with Gasteiger partial charge in [0.05, 0.1) is 5.75 Å². The fourth-order valence-electron chi connectivity index (χ4n) is 2.87. The Balaban J connectivity index is 1.86. The zero-order valence-electron chi connectivity index (χ0n) is 13.7. The highest BCUT2D eigenvalue weighted by Gasteiger charge is 2.24. The van der Waals surface area contributed by atoms with Crippen LogP contribution in [0.2, 0.25) is 0 Å². The number of aryl methyl sites for hydroxylation is 1. The van der Waals surface area contributed by atoms with E-state index in [4.69, 9.17) is 0 Å². The van der Waals surface area contributed by atoms with Gasteiger partial charge in [-0.25, -0.2) is 13.1 Å². The van der Waals surface area contributed by atoms with Crippen LogP contribution in [0.25, 0.3) is 0 Å². The maximum Gasteiger partial charge on any atom is 0.222 e. The van der Waals surface area contributed by atoms with Crippen LogP contribution in [0, 0.1) is 0 Å². The van der Waals surface area contributed by atoms with Gasteiger partial charge in [-0.15, -0.1) is 0 Å². The van der Waals surface area contributed by atoms with Crippen molar-refractivity contribution in [3.05, 3.63) is 35.9 Å². The highest BCUT2D eigenvalue weighted by atomic mass is 32.2. The normalized spacial score (nSPS) is 19.6. The Labute approximate surface area is 139 Å². The molecule has 1 aliphatic heterocycles. The lowest BCUT2D eigenvalue weighted by Crippen LogP contribution is -2.37. The van der Waals surface area contributed by atoms with Crippen LogP contribution >= 0.6 is 0 Å². The quantitative estimate of drug-likeness (QED) is 0.826. The van der Waals surface area contributed by atoms with Gasteiger partial charge in [0.1, 0.15) is 0 Å². The van der Waals surface area contributed by atoms with Gasteiger partial charge in [0, 0.05) is 25.6 Å². The SMILES string of the molecule is CCCN1CCC(NS(=O)(=O)CCc2ccccc2)CCC1=O. The molecule has 1 atom stereocenters. The van der Waals surface area contributed by atoms with Gasteiger partial charge in [0.25, 0.3) is 0 Å². The Morgan fingerprint density at radius 3 is 2.65 bits per heavy atom. The van der Waals surface area contributed by atoms with Crippen LogP contribution in [0.5, 0.6) is 0 Å². The minimum absolute atomic E-state index is 0.0835. The largest absolute Gasteiger partial charge is 0.343 e. The molecule has 1 heterocycles. The summed E-state index contributed by atoms with van der Waals surface area (Å²) in [6, 6.07) is 9.47. The van der Waals surface area contributed by atoms with Crippen molar-refractivity contribution in [3.63, 3.8) is 0 Å². The molecular weight excluding hydrogens is 312 g/mol. The molecule has 128 valence electrons. The number of amides is 1. The Morgan fingerprint density at radius 1 is 1.22 bits per heavy atom. The van der Waals surface area contributed by atoms with Gasteiger partial charge in [-0.3, -0.25) is 4.79 Å². The van der Waals surface area contributed by atoms with Crippen molar-refractivity contribution in [2.75, 3.05) is 18.8 Å².